The van der Waals surface area contributed by atoms with Crippen molar-refractivity contribution in [2.24, 2.45) is 0 Å². The molecule has 1 heterocycles. The first-order chi connectivity index (χ1) is 10.6. The third-order valence-corrected chi connectivity index (χ3v) is 4.26. The minimum atomic E-state index is -0.125. The molecule has 0 fully saturated rings. The van der Waals surface area contributed by atoms with Gasteiger partial charge in [0, 0.05) is 0 Å². The predicted octanol–water partition coefficient (Wildman–Crippen LogP) is 1.91. The van der Waals surface area contributed by atoms with Crippen LogP contribution in [0.5, 0.6) is 0 Å². The molecule has 0 aliphatic heterocycles. The number of carbonyl (C=O) groups is 1. The van der Waals surface area contributed by atoms with Crippen LogP contribution in [0.25, 0.3) is 10.9 Å². The van der Waals surface area contributed by atoms with Gasteiger partial charge in [0.1, 0.15) is 0 Å². The molecule has 1 aromatic heterocycles. The van der Waals surface area contributed by atoms with Crippen molar-refractivity contribution in [3.8, 4) is 0 Å². The van der Waals surface area contributed by atoms with Crippen LogP contribution in [0, 0.1) is 0 Å². The molecular formula is C15H18AsBrN4O. The second-order valence-corrected chi connectivity index (χ2v) is 6.72. The van der Waals surface area contributed by atoms with E-state index in [2.05, 4.69) is 53.7 Å². The Kier molecular flexibility index (Phi) is 6.52. The zero-order valence-corrected chi connectivity index (χ0v) is 15.8. The SMILES string of the molecule is CCCNC(=O)NCCNc1c([As])cnc2cc(Br)ccc12. The Bertz CT molecular complexity index is 665. The Morgan fingerprint density at radius 3 is 2.82 bits per heavy atom. The van der Waals surface area contributed by atoms with Gasteiger partial charge in [-0.25, -0.2) is 0 Å². The number of nitrogens with zero attached hydrogens (tertiary/aromatic N) is 1. The molecule has 2 rings (SSSR count). The van der Waals surface area contributed by atoms with Crippen LogP contribution in [-0.4, -0.2) is 47.5 Å². The summed E-state index contributed by atoms with van der Waals surface area (Å²) in [5.74, 6) is 0. The van der Waals surface area contributed by atoms with Gasteiger partial charge in [0.25, 0.3) is 0 Å². The fourth-order valence-corrected chi connectivity index (χ4v) is 2.90. The molecule has 116 valence electrons. The summed E-state index contributed by atoms with van der Waals surface area (Å²) in [6.45, 7) is 3.93. The number of rotatable bonds is 6. The summed E-state index contributed by atoms with van der Waals surface area (Å²) in [5, 5.41) is 10.0. The number of anilines is 1. The molecule has 0 unspecified atom stereocenters. The Balaban J connectivity index is 1.97. The van der Waals surface area contributed by atoms with Crippen LogP contribution in [0.2, 0.25) is 0 Å². The molecule has 2 aromatic rings. The van der Waals surface area contributed by atoms with Gasteiger partial charge in [-0.15, -0.1) is 0 Å². The van der Waals surface area contributed by atoms with E-state index in [0.29, 0.717) is 19.6 Å². The van der Waals surface area contributed by atoms with E-state index in [4.69, 9.17) is 0 Å². The molecule has 22 heavy (non-hydrogen) atoms. The number of urea groups is 1. The van der Waals surface area contributed by atoms with E-state index in [1.807, 2.05) is 31.3 Å². The summed E-state index contributed by atoms with van der Waals surface area (Å²) in [4.78, 5) is 15.9. The van der Waals surface area contributed by atoms with Crippen LogP contribution in [0.15, 0.2) is 28.9 Å². The second kappa shape index (κ2) is 8.39. The van der Waals surface area contributed by atoms with Crippen LogP contribution >= 0.6 is 15.9 Å². The topological polar surface area (TPSA) is 66.1 Å². The van der Waals surface area contributed by atoms with Gasteiger partial charge in [-0.2, -0.15) is 0 Å². The number of hydrogen-bond donors (Lipinski definition) is 3. The number of halogens is 1. The first-order valence-electron chi connectivity index (χ1n) is 7.14. The molecule has 0 bridgehead atoms. The predicted molar refractivity (Wildman–Crippen MR) is 95.0 cm³/mol. The van der Waals surface area contributed by atoms with Crippen LogP contribution < -0.4 is 20.3 Å². The molecule has 0 spiro atoms. The van der Waals surface area contributed by atoms with Gasteiger partial charge >= 0.3 is 147 Å². The number of benzene rings is 1. The van der Waals surface area contributed by atoms with Crippen molar-refractivity contribution < 1.29 is 4.79 Å². The molecule has 0 saturated carbocycles. The molecule has 3 N–H and O–H groups in total. The van der Waals surface area contributed by atoms with Gasteiger partial charge in [-0.3, -0.25) is 0 Å². The molecule has 2 amide bonds. The fraction of sp³-hybridized carbons (Fsp3) is 0.333. The number of hydrogen-bond acceptors (Lipinski definition) is 3. The van der Waals surface area contributed by atoms with Crippen molar-refractivity contribution in [1.29, 1.82) is 0 Å². The first kappa shape index (κ1) is 17.1. The molecule has 2 radical (unpaired) electrons. The fourth-order valence-electron chi connectivity index (χ4n) is 2.01. The zero-order chi connectivity index (χ0) is 15.9. The average Bonchev–Trinajstić information content (AvgIpc) is 2.51. The van der Waals surface area contributed by atoms with Gasteiger partial charge in [0.05, 0.1) is 0 Å². The summed E-state index contributed by atoms with van der Waals surface area (Å²) in [7, 11) is 0. The van der Waals surface area contributed by atoms with Gasteiger partial charge in [0.2, 0.25) is 0 Å². The third-order valence-electron chi connectivity index (χ3n) is 3.06. The Morgan fingerprint density at radius 1 is 1.27 bits per heavy atom. The molecule has 0 aliphatic carbocycles. The number of amides is 2. The third kappa shape index (κ3) is 4.62. The molecule has 7 heteroatoms. The summed E-state index contributed by atoms with van der Waals surface area (Å²) < 4.78 is 2.03. The number of carbonyl (C=O) groups excluding carboxylic acids is 1. The summed E-state index contributed by atoms with van der Waals surface area (Å²) in [6.07, 6.45) is 2.76. The number of fused-ring (bicyclic) bond motifs is 1. The van der Waals surface area contributed by atoms with E-state index < -0.39 is 0 Å². The molecular weight excluding hydrogens is 407 g/mol. The maximum atomic E-state index is 11.5. The summed E-state index contributed by atoms with van der Waals surface area (Å²) >= 11 is 5.98. The Morgan fingerprint density at radius 2 is 2.05 bits per heavy atom. The molecule has 0 aliphatic rings. The van der Waals surface area contributed by atoms with Crippen LogP contribution in [0.1, 0.15) is 13.3 Å². The molecule has 1 aromatic carbocycles. The van der Waals surface area contributed by atoms with Gasteiger partial charge in [-0.05, 0) is 0 Å². The van der Waals surface area contributed by atoms with E-state index in [0.717, 1.165) is 31.8 Å². The van der Waals surface area contributed by atoms with Crippen molar-refractivity contribution in [2.45, 2.75) is 13.3 Å². The van der Waals surface area contributed by atoms with Crippen molar-refractivity contribution in [2.75, 3.05) is 25.0 Å². The normalized spacial score (nSPS) is 10.5. The summed E-state index contributed by atoms with van der Waals surface area (Å²) in [5.41, 5.74) is 1.97. The minimum absolute atomic E-state index is 0.125. The van der Waals surface area contributed by atoms with Gasteiger partial charge in [-0.1, -0.05) is 0 Å². The van der Waals surface area contributed by atoms with Crippen molar-refractivity contribution in [1.82, 2.24) is 15.6 Å². The summed E-state index contributed by atoms with van der Waals surface area (Å²) in [6, 6.07) is 5.90. The molecule has 5 nitrogen and oxygen atoms in total. The van der Waals surface area contributed by atoms with E-state index in [1.54, 1.807) is 0 Å². The maximum absolute atomic E-state index is 11.5. The quantitative estimate of drug-likeness (QED) is 0.490. The first-order valence-corrected chi connectivity index (χ1v) is 8.87. The van der Waals surface area contributed by atoms with E-state index in [1.165, 1.54) is 0 Å². The Labute approximate surface area is 147 Å². The van der Waals surface area contributed by atoms with Crippen LogP contribution in [0.4, 0.5) is 10.5 Å². The monoisotopic (exact) mass is 424 g/mol. The van der Waals surface area contributed by atoms with Crippen molar-refractivity contribution in [3.05, 3.63) is 28.9 Å². The van der Waals surface area contributed by atoms with Crippen molar-refractivity contribution >= 4 is 59.8 Å². The zero-order valence-electron chi connectivity index (χ0n) is 12.3. The van der Waals surface area contributed by atoms with Gasteiger partial charge in [0.15, 0.2) is 0 Å². The van der Waals surface area contributed by atoms with E-state index in [9.17, 15) is 4.79 Å². The standard InChI is InChI=1S/C15H18AsBrN4O/c1-2-5-19-15(22)20-7-6-18-14-11-4-3-10(17)8-13(11)21-9-12(14)16/h3-4,8-9H,2,5-7H2,1H3,(H,18,21)(H2,19,20,22). The number of pyridine rings is 1. The average molecular weight is 425 g/mol. The van der Waals surface area contributed by atoms with Crippen molar-refractivity contribution in [3.63, 3.8) is 0 Å². The number of aromatic nitrogens is 1. The Hall–Kier alpha value is -1.26. The van der Waals surface area contributed by atoms with E-state index >= 15 is 0 Å². The van der Waals surface area contributed by atoms with Crippen LogP contribution in [0.3, 0.4) is 0 Å². The molecule has 0 atom stereocenters. The van der Waals surface area contributed by atoms with Crippen LogP contribution in [-0.2, 0) is 0 Å². The molecule has 0 saturated heterocycles. The second-order valence-electron chi connectivity index (χ2n) is 4.79. The van der Waals surface area contributed by atoms with Gasteiger partial charge < -0.3 is 0 Å². The number of nitrogens with one attached hydrogen (secondary N) is 3. The van der Waals surface area contributed by atoms with E-state index in [-0.39, 0.29) is 6.03 Å².